The molecule has 1 heterocycles. The number of rotatable bonds is 3. The Bertz CT molecular complexity index is 926. The van der Waals surface area contributed by atoms with Crippen molar-refractivity contribution in [1.29, 1.82) is 5.26 Å². The molecule has 0 saturated heterocycles. The average molecular weight is 325 g/mol. The molecule has 0 aliphatic rings. The van der Waals surface area contributed by atoms with Crippen LogP contribution in [0.2, 0.25) is 5.02 Å². The van der Waals surface area contributed by atoms with Crippen LogP contribution in [0.4, 0.5) is 0 Å². The molecule has 0 aliphatic heterocycles. The highest BCUT2D eigenvalue weighted by Gasteiger charge is 2.17. The SMILES string of the molecule is N#Cc1cc(-c2nn[nH]c2C(=O)O)ccc1-c1ccc(Cl)cc1. The number of hydrogen-bond donors (Lipinski definition) is 2. The van der Waals surface area contributed by atoms with Gasteiger partial charge < -0.3 is 5.11 Å². The predicted octanol–water partition coefficient (Wildman–Crippen LogP) is 3.36. The first-order chi connectivity index (χ1) is 11.1. The van der Waals surface area contributed by atoms with Crippen molar-refractivity contribution in [3.63, 3.8) is 0 Å². The van der Waals surface area contributed by atoms with E-state index in [2.05, 4.69) is 21.5 Å². The molecule has 0 saturated carbocycles. The van der Waals surface area contributed by atoms with Crippen LogP contribution in [0.3, 0.4) is 0 Å². The Kier molecular flexibility index (Phi) is 3.79. The Morgan fingerprint density at radius 3 is 2.52 bits per heavy atom. The number of aromatic amines is 1. The average Bonchev–Trinajstić information content (AvgIpc) is 3.05. The maximum absolute atomic E-state index is 11.1. The highest BCUT2D eigenvalue weighted by molar-refractivity contribution is 6.30. The number of carboxylic acids is 1. The number of carbonyl (C=O) groups is 1. The number of aromatic carboxylic acids is 1. The van der Waals surface area contributed by atoms with Crippen molar-refractivity contribution in [2.75, 3.05) is 0 Å². The summed E-state index contributed by atoms with van der Waals surface area (Å²) in [5.74, 6) is -1.16. The summed E-state index contributed by atoms with van der Waals surface area (Å²) >= 11 is 5.87. The summed E-state index contributed by atoms with van der Waals surface area (Å²) in [4.78, 5) is 11.1. The Morgan fingerprint density at radius 1 is 1.17 bits per heavy atom. The highest BCUT2D eigenvalue weighted by atomic mass is 35.5. The lowest BCUT2D eigenvalue weighted by molar-refractivity contribution is 0.0691. The molecular weight excluding hydrogens is 316 g/mol. The molecule has 0 amide bonds. The van der Waals surface area contributed by atoms with Crippen LogP contribution < -0.4 is 0 Å². The number of nitrogens with one attached hydrogen (secondary N) is 1. The Labute approximate surface area is 136 Å². The number of nitriles is 1. The third-order valence-corrected chi connectivity index (χ3v) is 3.58. The summed E-state index contributed by atoms with van der Waals surface area (Å²) in [6, 6.07) is 14.3. The van der Waals surface area contributed by atoms with Gasteiger partial charge in [0.2, 0.25) is 0 Å². The molecule has 0 unspecified atom stereocenters. The first-order valence-corrected chi connectivity index (χ1v) is 6.92. The molecule has 0 aliphatic carbocycles. The summed E-state index contributed by atoms with van der Waals surface area (Å²) in [5.41, 5.74) is 2.56. The largest absolute Gasteiger partial charge is 0.476 e. The van der Waals surface area contributed by atoms with Crippen molar-refractivity contribution < 1.29 is 9.90 Å². The van der Waals surface area contributed by atoms with E-state index in [1.807, 2.05) is 12.1 Å². The number of benzene rings is 2. The van der Waals surface area contributed by atoms with Gasteiger partial charge in [-0.1, -0.05) is 41.1 Å². The van der Waals surface area contributed by atoms with Crippen LogP contribution in [-0.4, -0.2) is 26.5 Å². The van der Waals surface area contributed by atoms with Crippen LogP contribution in [0.1, 0.15) is 16.1 Å². The molecule has 3 rings (SSSR count). The van der Waals surface area contributed by atoms with Crippen molar-refractivity contribution >= 4 is 17.6 Å². The fourth-order valence-electron chi connectivity index (χ4n) is 2.24. The van der Waals surface area contributed by atoms with Crippen LogP contribution >= 0.6 is 11.6 Å². The normalized spacial score (nSPS) is 10.3. The molecule has 0 radical (unpaired) electrons. The molecule has 1 aromatic heterocycles. The third-order valence-electron chi connectivity index (χ3n) is 3.33. The molecule has 0 bridgehead atoms. The maximum Gasteiger partial charge on any atom is 0.356 e. The van der Waals surface area contributed by atoms with E-state index in [0.717, 1.165) is 11.1 Å². The molecule has 2 N–H and O–H groups in total. The third kappa shape index (κ3) is 2.78. The molecule has 2 aromatic carbocycles. The second-order valence-corrected chi connectivity index (χ2v) is 5.16. The topological polar surface area (TPSA) is 103 Å². The van der Waals surface area contributed by atoms with E-state index in [9.17, 15) is 10.1 Å². The second kappa shape index (κ2) is 5.91. The number of nitrogens with zero attached hydrogens (tertiary/aromatic N) is 3. The van der Waals surface area contributed by atoms with E-state index >= 15 is 0 Å². The van der Waals surface area contributed by atoms with Gasteiger partial charge in [-0.15, -0.1) is 5.10 Å². The standard InChI is InChI=1S/C16H9ClN4O2/c17-12-4-1-9(2-5-12)13-6-3-10(7-11(13)8-18)14-15(16(22)23)20-21-19-14/h1-7H,(H,22,23)(H,19,20,21). The van der Waals surface area contributed by atoms with Crippen LogP contribution in [0.25, 0.3) is 22.4 Å². The Hall–Kier alpha value is -3.17. The summed E-state index contributed by atoms with van der Waals surface area (Å²) < 4.78 is 0. The quantitative estimate of drug-likeness (QED) is 0.769. The molecule has 0 spiro atoms. The first kappa shape index (κ1) is 14.8. The van der Waals surface area contributed by atoms with Crippen molar-refractivity contribution in [2.45, 2.75) is 0 Å². The van der Waals surface area contributed by atoms with E-state index in [1.165, 1.54) is 0 Å². The minimum Gasteiger partial charge on any atom is -0.476 e. The van der Waals surface area contributed by atoms with Gasteiger partial charge in [-0.2, -0.15) is 5.26 Å². The number of H-pyrrole nitrogens is 1. The van der Waals surface area contributed by atoms with Gasteiger partial charge in [-0.25, -0.2) is 4.79 Å². The van der Waals surface area contributed by atoms with Gasteiger partial charge in [0.05, 0.1) is 11.6 Å². The predicted molar refractivity (Wildman–Crippen MR) is 83.9 cm³/mol. The molecule has 6 nitrogen and oxygen atoms in total. The summed E-state index contributed by atoms with van der Waals surface area (Å²) in [6.07, 6.45) is 0. The van der Waals surface area contributed by atoms with E-state index in [0.29, 0.717) is 16.1 Å². The van der Waals surface area contributed by atoms with Crippen molar-refractivity contribution in [3.8, 4) is 28.5 Å². The van der Waals surface area contributed by atoms with Crippen molar-refractivity contribution in [2.24, 2.45) is 0 Å². The van der Waals surface area contributed by atoms with E-state index in [-0.39, 0.29) is 11.4 Å². The fraction of sp³-hybridized carbons (Fsp3) is 0. The minimum atomic E-state index is -1.16. The van der Waals surface area contributed by atoms with Gasteiger partial charge in [0, 0.05) is 10.6 Å². The highest BCUT2D eigenvalue weighted by Crippen LogP contribution is 2.29. The summed E-state index contributed by atoms with van der Waals surface area (Å²) in [6.45, 7) is 0. The summed E-state index contributed by atoms with van der Waals surface area (Å²) in [7, 11) is 0. The zero-order valence-corrected chi connectivity index (χ0v) is 12.4. The van der Waals surface area contributed by atoms with Crippen molar-refractivity contribution in [3.05, 3.63) is 58.7 Å². The van der Waals surface area contributed by atoms with Gasteiger partial charge in [-0.3, -0.25) is 5.10 Å². The maximum atomic E-state index is 11.1. The van der Waals surface area contributed by atoms with Gasteiger partial charge in [0.1, 0.15) is 5.69 Å². The molecule has 0 atom stereocenters. The first-order valence-electron chi connectivity index (χ1n) is 6.55. The Balaban J connectivity index is 2.10. The second-order valence-electron chi connectivity index (χ2n) is 4.72. The van der Waals surface area contributed by atoms with Gasteiger partial charge in [-0.05, 0) is 29.3 Å². The summed E-state index contributed by atoms with van der Waals surface area (Å²) in [5, 5.41) is 28.8. The van der Waals surface area contributed by atoms with Gasteiger partial charge in [0.25, 0.3) is 0 Å². The van der Waals surface area contributed by atoms with Crippen LogP contribution in [0.15, 0.2) is 42.5 Å². The number of halogens is 1. The molecule has 3 aromatic rings. The lowest BCUT2D eigenvalue weighted by atomic mass is 9.97. The Morgan fingerprint density at radius 2 is 1.87 bits per heavy atom. The zero-order valence-electron chi connectivity index (χ0n) is 11.6. The minimum absolute atomic E-state index is 0.117. The van der Waals surface area contributed by atoms with Gasteiger partial charge in [0.15, 0.2) is 5.69 Å². The fourth-order valence-corrected chi connectivity index (χ4v) is 2.37. The number of hydrogen-bond acceptors (Lipinski definition) is 4. The smallest absolute Gasteiger partial charge is 0.356 e. The molecule has 112 valence electrons. The number of carboxylic acid groups (broad SMARTS) is 1. The van der Waals surface area contributed by atoms with E-state index < -0.39 is 5.97 Å². The lowest BCUT2D eigenvalue weighted by Gasteiger charge is -2.07. The molecule has 23 heavy (non-hydrogen) atoms. The van der Waals surface area contributed by atoms with Crippen molar-refractivity contribution in [1.82, 2.24) is 15.4 Å². The zero-order chi connectivity index (χ0) is 16.4. The monoisotopic (exact) mass is 324 g/mol. The molecule has 0 fully saturated rings. The molecule has 7 heteroatoms. The molecular formula is C16H9ClN4O2. The number of aromatic nitrogens is 3. The lowest BCUT2D eigenvalue weighted by Crippen LogP contribution is -1.99. The van der Waals surface area contributed by atoms with Crippen LogP contribution in [0.5, 0.6) is 0 Å². The van der Waals surface area contributed by atoms with Crippen LogP contribution in [-0.2, 0) is 0 Å². The van der Waals surface area contributed by atoms with Gasteiger partial charge >= 0.3 is 5.97 Å². The van der Waals surface area contributed by atoms with Crippen LogP contribution in [0, 0.1) is 11.3 Å². The van der Waals surface area contributed by atoms with E-state index in [4.69, 9.17) is 16.7 Å². The van der Waals surface area contributed by atoms with E-state index in [1.54, 1.807) is 30.3 Å².